The lowest BCUT2D eigenvalue weighted by Gasteiger charge is -2.17. The van der Waals surface area contributed by atoms with Gasteiger partial charge >= 0.3 is 5.69 Å². The van der Waals surface area contributed by atoms with E-state index in [1.54, 1.807) is 0 Å². The quantitative estimate of drug-likeness (QED) is 0.345. The van der Waals surface area contributed by atoms with Gasteiger partial charge in [-0.25, -0.2) is 4.79 Å². The topological polar surface area (TPSA) is 153 Å². The molecule has 1 aromatic heterocycles. The molecule has 0 radical (unpaired) electrons. The molecule has 0 aliphatic carbocycles. The summed E-state index contributed by atoms with van der Waals surface area (Å²) in [6, 6.07) is 0.0158. The van der Waals surface area contributed by atoms with E-state index in [4.69, 9.17) is 15.4 Å². The molecule has 2 unspecified atom stereocenters. The van der Waals surface area contributed by atoms with Gasteiger partial charge in [-0.2, -0.15) is 0 Å². The summed E-state index contributed by atoms with van der Waals surface area (Å²) in [4.78, 5) is 27.2. The summed E-state index contributed by atoms with van der Waals surface area (Å²) in [7, 11) is 0. The largest absolute Gasteiger partial charge is 0.394 e. The number of aliphatic hydroxyl groups excluding tert-OH is 2. The molecule has 0 amide bonds. The van der Waals surface area contributed by atoms with Crippen LogP contribution < -0.4 is 11.2 Å². The van der Waals surface area contributed by atoms with Gasteiger partial charge in [-0.05, 0) is 5.53 Å². The first-order chi connectivity index (χ1) is 9.08. The van der Waals surface area contributed by atoms with Crippen molar-refractivity contribution in [1.82, 2.24) is 9.55 Å². The average Bonchev–Trinajstić information content (AvgIpc) is 2.68. The molecule has 3 N–H and O–H groups in total. The van der Waals surface area contributed by atoms with E-state index in [2.05, 4.69) is 10.0 Å². The first kappa shape index (κ1) is 13.3. The summed E-state index contributed by atoms with van der Waals surface area (Å²) in [6.45, 7) is -0.493. The molecule has 0 spiro atoms. The summed E-state index contributed by atoms with van der Waals surface area (Å²) in [6.07, 6.45) is -2.14. The van der Waals surface area contributed by atoms with E-state index in [9.17, 15) is 14.7 Å². The molecule has 10 nitrogen and oxygen atoms in total. The monoisotopic (exact) mass is 269 g/mol. The molecule has 4 atom stereocenters. The van der Waals surface area contributed by atoms with E-state index in [0.717, 1.165) is 16.8 Å². The normalized spacial score (nSPS) is 30.0. The Hall–Kier alpha value is -2.13. The SMILES string of the molecule is [N-]=[N+]=NC1C(O)[C@@H](CO)O[C@H]1n1ccc(=O)[nH]c1=O. The van der Waals surface area contributed by atoms with Gasteiger partial charge in [0, 0.05) is 17.2 Å². The number of hydrogen-bond donors (Lipinski definition) is 3. The predicted molar refractivity (Wildman–Crippen MR) is 61.3 cm³/mol. The minimum Gasteiger partial charge on any atom is -0.394 e. The highest BCUT2D eigenvalue weighted by molar-refractivity contribution is 4.96. The van der Waals surface area contributed by atoms with Crippen LogP contribution in [-0.2, 0) is 4.74 Å². The molecule has 19 heavy (non-hydrogen) atoms. The lowest BCUT2D eigenvalue weighted by atomic mass is 10.1. The van der Waals surface area contributed by atoms with Crippen LogP contribution in [0.4, 0.5) is 0 Å². The van der Waals surface area contributed by atoms with Gasteiger partial charge in [-0.1, -0.05) is 5.11 Å². The van der Waals surface area contributed by atoms with E-state index in [1.165, 1.54) is 0 Å². The highest BCUT2D eigenvalue weighted by Gasteiger charge is 2.44. The van der Waals surface area contributed by atoms with Crippen molar-refractivity contribution in [2.75, 3.05) is 6.61 Å². The third-order valence-corrected chi connectivity index (χ3v) is 2.83. The van der Waals surface area contributed by atoms with Gasteiger partial charge in [0.2, 0.25) is 0 Å². The van der Waals surface area contributed by atoms with Crippen LogP contribution in [0.1, 0.15) is 6.23 Å². The summed E-state index contributed by atoms with van der Waals surface area (Å²) < 4.78 is 6.26. The molecule has 1 aliphatic heterocycles. The fourth-order valence-corrected chi connectivity index (χ4v) is 1.92. The Balaban J connectivity index is 2.44. The van der Waals surface area contributed by atoms with Crippen LogP contribution in [-0.4, -0.2) is 44.6 Å². The van der Waals surface area contributed by atoms with Gasteiger partial charge < -0.3 is 14.9 Å². The van der Waals surface area contributed by atoms with Gasteiger partial charge in [-0.15, -0.1) is 0 Å². The first-order valence-corrected chi connectivity index (χ1v) is 5.38. The van der Waals surface area contributed by atoms with Crippen molar-refractivity contribution in [3.05, 3.63) is 43.5 Å². The Morgan fingerprint density at radius 2 is 2.32 bits per heavy atom. The van der Waals surface area contributed by atoms with Gasteiger partial charge in [0.15, 0.2) is 0 Å². The summed E-state index contributed by atoms with van der Waals surface area (Å²) >= 11 is 0. The van der Waals surface area contributed by atoms with Crippen LogP contribution in [0.15, 0.2) is 27.0 Å². The standard InChI is InChI=1S/C9H11N5O5/c10-13-12-6-7(17)4(3-15)19-8(6)14-2-1-5(16)11-9(14)18/h1-2,4,6-8,15,17H,3H2,(H,11,16,18)/t4-,6?,7?,8-/m1/s1. The molecule has 1 fully saturated rings. The Morgan fingerprint density at radius 3 is 2.89 bits per heavy atom. The molecular weight excluding hydrogens is 258 g/mol. The number of aromatic amines is 1. The Kier molecular flexibility index (Phi) is 3.67. The Bertz CT molecular complexity index is 618. The highest BCUT2D eigenvalue weighted by Crippen LogP contribution is 2.30. The molecule has 0 aromatic carbocycles. The van der Waals surface area contributed by atoms with E-state index >= 15 is 0 Å². The highest BCUT2D eigenvalue weighted by atomic mass is 16.5. The number of nitrogens with zero attached hydrogens (tertiary/aromatic N) is 4. The zero-order chi connectivity index (χ0) is 14.0. The van der Waals surface area contributed by atoms with E-state index in [-0.39, 0.29) is 0 Å². The third kappa shape index (κ3) is 2.37. The maximum atomic E-state index is 11.6. The van der Waals surface area contributed by atoms with E-state index in [0.29, 0.717) is 0 Å². The lowest BCUT2D eigenvalue weighted by molar-refractivity contribution is -0.0464. The minimum absolute atomic E-state index is 0.493. The van der Waals surface area contributed by atoms with Crippen molar-refractivity contribution >= 4 is 0 Å². The second kappa shape index (κ2) is 5.24. The molecule has 1 aliphatic rings. The van der Waals surface area contributed by atoms with Gasteiger partial charge in [0.05, 0.1) is 12.7 Å². The maximum Gasteiger partial charge on any atom is 0.330 e. The number of rotatable bonds is 3. The third-order valence-electron chi connectivity index (χ3n) is 2.83. The second-order valence-corrected chi connectivity index (χ2v) is 3.95. The molecule has 0 saturated carbocycles. The van der Waals surface area contributed by atoms with Crippen molar-refractivity contribution in [3.8, 4) is 0 Å². The van der Waals surface area contributed by atoms with Crippen molar-refractivity contribution < 1.29 is 14.9 Å². The van der Waals surface area contributed by atoms with Gasteiger partial charge in [0.1, 0.15) is 18.4 Å². The smallest absolute Gasteiger partial charge is 0.330 e. The number of H-pyrrole nitrogens is 1. The molecule has 1 aromatic rings. The fourth-order valence-electron chi connectivity index (χ4n) is 1.92. The van der Waals surface area contributed by atoms with Crippen molar-refractivity contribution in [2.24, 2.45) is 5.11 Å². The molecule has 0 bridgehead atoms. The zero-order valence-electron chi connectivity index (χ0n) is 9.58. The van der Waals surface area contributed by atoms with Crippen LogP contribution in [0.25, 0.3) is 10.4 Å². The number of ether oxygens (including phenoxy) is 1. The number of aromatic nitrogens is 2. The zero-order valence-corrected chi connectivity index (χ0v) is 9.58. The van der Waals surface area contributed by atoms with Crippen LogP contribution in [0.5, 0.6) is 0 Å². The molecule has 2 heterocycles. The van der Waals surface area contributed by atoms with Crippen LogP contribution >= 0.6 is 0 Å². The maximum absolute atomic E-state index is 11.6. The summed E-state index contributed by atoms with van der Waals surface area (Å²) in [5.74, 6) is 0. The number of hydrogen-bond acceptors (Lipinski definition) is 6. The van der Waals surface area contributed by atoms with Crippen LogP contribution in [0, 0.1) is 0 Å². The molecule has 10 heteroatoms. The molecular formula is C9H11N5O5. The average molecular weight is 269 g/mol. The molecule has 1 saturated heterocycles. The van der Waals surface area contributed by atoms with E-state index < -0.39 is 42.3 Å². The van der Waals surface area contributed by atoms with Gasteiger partial charge in [0.25, 0.3) is 5.56 Å². The molecule has 2 rings (SSSR count). The number of azide groups is 1. The summed E-state index contributed by atoms with van der Waals surface area (Å²) in [5.41, 5.74) is 7.12. The Labute approximate surface area is 105 Å². The predicted octanol–water partition coefficient (Wildman–Crippen LogP) is -1.53. The van der Waals surface area contributed by atoms with Gasteiger partial charge in [-0.3, -0.25) is 14.3 Å². The lowest BCUT2D eigenvalue weighted by Crippen LogP contribution is -2.36. The van der Waals surface area contributed by atoms with Crippen LogP contribution in [0.3, 0.4) is 0 Å². The number of nitrogens with one attached hydrogen (secondary N) is 1. The van der Waals surface area contributed by atoms with Crippen molar-refractivity contribution in [1.29, 1.82) is 0 Å². The number of aliphatic hydroxyl groups is 2. The fraction of sp³-hybridized carbons (Fsp3) is 0.556. The Morgan fingerprint density at radius 1 is 1.58 bits per heavy atom. The van der Waals surface area contributed by atoms with Crippen LogP contribution in [0.2, 0.25) is 0 Å². The minimum atomic E-state index is -1.25. The second-order valence-electron chi connectivity index (χ2n) is 3.95. The van der Waals surface area contributed by atoms with Crippen molar-refractivity contribution in [3.63, 3.8) is 0 Å². The van der Waals surface area contributed by atoms with E-state index in [1.807, 2.05) is 4.98 Å². The summed E-state index contributed by atoms with van der Waals surface area (Å²) in [5, 5.41) is 22.2. The molecule has 102 valence electrons. The first-order valence-electron chi connectivity index (χ1n) is 5.38. The van der Waals surface area contributed by atoms with Crippen molar-refractivity contribution in [2.45, 2.75) is 24.5 Å².